The highest BCUT2D eigenvalue weighted by Gasteiger charge is 2.54. The Hall–Kier alpha value is -2.97. The van der Waals surface area contributed by atoms with Gasteiger partial charge in [-0.3, -0.25) is 0 Å². The molecule has 0 spiro atoms. The maximum atomic E-state index is 12.6. The summed E-state index contributed by atoms with van der Waals surface area (Å²) in [7, 11) is 0. The van der Waals surface area contributed by atoms with Gasteiger partial charge >= 0.3 is 5.97 Å². The van der Waals surface area contributed by atoms with Crippen LogP contribution >= 0.6 is 11.6 Å². The first-order valence-corrected chi connectivity index (χ1v) is 16.6. The molecule has 0 amide bonds. The zero-order valence-corrected chi connectivity index (χ0v) is 27.7. The molecule has 0 aromatic carbocycles. The van der Waals surface area contributed by atoms with Crippen molar-refractivity contribution >= 4 is 29.2 Å². The van der Waals surface area contributed by atoms with E-state index in [0.717, 1.165) is 55.6 Å². The van der Waals surface area contributed by atoms with Crippen molar-refractivity contribution in [1.29, 1.82) is 5.26 Å². The molecule has 1 saturated heterocycles. The zero-order chi connectivity index (χ0) is 32.1. The van der Waals surface area contributed by atoms with Crippen LogP contribution in [0.5, 0.6) is 0 Å². The van der Waals surface area contributed by atoms with Gasteiger partial charge in [0.2, 0.25) is 0 Å². The zero-order valence-electron chi connectivity index (χ0n) is 27.0. The van der Waals surface area contributed by atoms with Gasteiger partial charge in [-0.25, -0.2) is 14.8 Å². The van der Waals surface area contributed by atoms with Gasteiger partial charge in [0, 0.05) is 49.6 Å². The summed E-state index contributed by atoms with van der Waals surface area (Å²) >= 11 is 6.59. The molecule has 1 atom stereocenters. The van der Waals surface area contributed by atoms with Crippen LogP contribution in [-0.2, 0) is 19.0 Å². The standard InChI is InChI=1S/C34H47ClN6O4/c1-23(20-44-34(12-13-34)31(42)45-32(2,3)4)39-24-8-10-25(11-9-24)40-30-18-26(27(35)19-37-30)28-6-5-7-29(41-28)38-22-33(21-36)14-16-43-17-15-33/h5-7,18-19,23-25,39H,8-17,20,22H2,1-4H3,(H,37,40)(H,38,41)/t23-,24?,25?/m0/s1. The predicted molar refractivity (Wildman–Crippen MR) is 175 cm³/mol. The average Bonchev–Trinajstić information content (AvgIpc) is 3.82. The van der Waals surface area contributed by atoms with Gasteiger partial charge in [-0.15, -0.1) is 0 Å². The molecule has 45 heavy (non-hydrogen) atoms. The first-order chi connectivity index (χ1) is 21.5. The summed E-state index contributed by atoms with van der Waals surface area (Å²) in [5.74, 6) is 1.24. The van der Waals surface area contributed by atoms with E-state index in [4.69, 9.17) is 30.8 Å². The van der Waals surface area contributed by atoms with Gasteiger partial charge < -0.3 is 30.2 Å². The van der Waals surface area contributed by atoms with E-state index in [1.807, 2.05) is 45.0 Å². The fourth-order valence-corrected chi connectivity index (χ4v) is 6.19. The summed E-state index contributed by atoms with van der Waals surface area (Å²) in [6.07, 6.45) is 8.63. The summed E-state index contributed by atoms with van der Waals surface area (Å²) in [6, 6.07) is 11.1. The van der Waals surface area contributed by atoms with Crippen LogP contribution in [0.3, 0.4) is 0 Å². The lowest BCUT2D eigenvalue weighted by Crippen LogP contribution is -2.44. The summed E-state index contributed by atoms with van der Waals surface area (Å²) in [6.45, 7) is 9.98. The monoisotopic (exact) mass is 638 g/mol. The van der Waals surface area contributed by atoms with Gasteiger partial charge in [0.25, 0.3) is 0 Å². The van der Waals surface area contributed by atoms with Gasteiger partial charge in [-0.05, 0) is 97.3 Å². The van der Waals surface area contributed by atoms with E-state index < -0.39 is 16.6 Å². The van der Waals surface area contributed by atoms with E-state index in [2.05, 4.69) is 33.9 Å². The maximum Gasteiger partial charge on any atom is 0.338 e. The Morgan fingerprint density at radius 2 is 1.84 bits per heavy atom. The smallest absolute Gasteiger partial charge is 0.338 e. The van der Waals surface area contributed by atoms with Gasteiger partial charge in [-0.2, -0.15) is 5.26 Å². The summed E-state index contributed by atoms with van der Waals surface area (Å²) < 4.78 is 17.1. The number of nitrogens with one attached hydrogen (secondary N) is 3. The second kappa shape index (κ2) is 14.2. The molecule has 3 fully saturated rings. The number of hydrogen-bond acceptors (Lipinski definition) is 10. The first kappa shape index (κ1) is 33.4. The largest absolute Gasteiger partial charge is 0.458 e. The molecule has 1 aliphatic heterocycles. The van der Waals surface area contributed by atoms with Gasteiger partial charge in [-0.1, -0.05) is 17.7 Å². The SMILES string of the molecule is C[C@@H](COC1(C(=O)OC(C)(C)C)CC1)NC1CCC(Nc2cc(-c3cccc(NCC4(C#N)CCOCC4)n3)c(Cl)cn2)CC1. The molecule has 2 aliphatic carbocycles. The van der Waals surface area contributed by atoms with E-state index in [1.165, 1.54) is 0 Å². The molecule has 3 aliphatic rings. The minimum Gasteiger partial charge on any atom is -0.458 e. The summed E-state index contributed by atoms with van der Waals surface area (Å²) in [4.78, 5) is 21.9. The number of ether oxygens (including phenoxy) is 3. The van der Waals surface area contributed by atoms with Crippen molar-refractivity contribution in [2.75, 3.05) is 37.0 Å². The molecule has 244 valence electrons. The minimum atomic E-state index is -0.756. The third-order valence-corrected chi connectivity index (χ3v) is 9.16. The van der Waals surface area contributed by atoms with Crippen LogP contribution in [0, 0.1) is 16.7 Å². The predicted octanol–water partition coefficient (Wildman–Crippen LogP) is 6.12. The highest BCUT2D eigenvalue weighted by molar-refractivity contribution is 6.33. The maximum absolute atomic E-state index is 12.6. The van der Waals surface area contributed by atoms with Crippen LogP contribution < -0.4 is 16.0 Å². The number of halogens is 1. The van der Waals surface area contributed by atoms with Crippen molar-refractivity contribution in [2.24, 2.45) is 5.41 Å². The second-order valence-corrected chi connectivity index (χ2v) is 14.3. The molecule has 3 N–H and O–H groups in total. The lowest BCUT2D eigenvalue weighted by Gasteiger charge is -2.32. The van der Waals surface area contributed by atoms with Crippen LogP contribution in [0.15, 0.2) is 30.5 Å². The molecule has 3 heterocycles. The highest BCUT2D eigenvalue weighted by atomic mass is 35.5. The number of rotatable bonds is 12. The van der Waals surface area contributed by atoms with Crippen molar-refractivity contribution < 1.29 is 19.0 Å². The Labute approximate surface area is 272 Å². The summed E-state index contributed by atoms with van der Waals surface area (Å²) in [5, 5.41) is 21.0. The number of nitriles is 1. The second-order valence-electron chi connectivity index (χ2n) is 13.9. The third-order valence-electron chi connectivity index (χ3n) is 8.86. The molecule has 10 nitrogen and oxygen atoms in total. The van der Waals surface area contributed by atoms with E-state index in [9.17, 15) is 10.1 Å². The first-order valence-electron chi connectivity index (χ1n) is 16.2. The van der Waals surface area contributed by atoms with Crippen molar-refractivity contribution in [3.05, 3.63) is 35.5 Å². The molecule has 2 saturated carbocycles. The molecular weight excluding hydrogens is 592 g/mol. The number of esters is 1. The van der Waals surface area contributed by atoms with Crippen molar-refractivity contribution in [1.82, 2.24) is 15.3 Å². The molecule has 0 unspecified atom stereocenters. The average molecular weight is 639 g/mol. The van der Waals surface area contributed by atoms with Crippen LogP contribution in [0.25, 0.3) is 11.3 Å². The van der Waals surface area contributed by atoms with E-state index in [1.54, 1.807) is 6.20 Å². The van der Waals surface area contributed by atoms with Gasteiger partial charge in [0.1, 0.15) is 17.2 Å². The van der Waals surface area contributed by atoms with Crippen LogP contribution in [0.4, 0.5) is 11.6 Å². The molecule has 0 radical (unpaired) electrons. The van der Waals surface area contributed by atoms with Gasteiger partial charge in [0.05, 0.1) is 28.8 Å². The topological polar surface area (TPSA) is 130 Å². The Balaban J connectivity index is 1.10. The van der Waals surface area contributed by atoms with Crippen molar-refractivity contribution in [3.63, 3.8) is 0 Å². The number of aromatic nitrogens is 2. The Kier molecular flexibility index (Phi) is 10.5. The molecule has 11 heteroatoms. The van der Waals surface area contributed by atoms with Crippen molar-refractivity contribution in [2.45, 2.75) is 108 Å². The van der Waals surface area contributed by atoms with E-state index in [0.29, 0.717) is 62.1 Å². The molecule has 2 aromatic rings. The Morgan fingerprint density at radius 1 is 1.13 bits per heavy atom. The van der Waals surface area contributed by atoms with Crippen LogP contribution in [-0.4, -0.2) is 71.6 Å². The third kappa shape index (κ3) is 9.07. The fourth-order valence-electron chi connectivity index (χ4n) is 5.99. The summed E-state index contributed by atoms with van der Waals surface area (Å²) in [5.41, 5.74) is -0.153. The van der Waals surface area contributed by atoms with E-state index >= 15 is 0 Å². The van der Waals surface area contributed by atoms with Gasteiger partial charge in [0.15, 0.2) is 5.60 Å². The lowest BCUT2D eigenvalue weighted by molar-refractivity contribution is -0.172. The normalized spacial score (nSPS) is 22.9. The molecular formula is C34H47ClN6O4. The number of nitrogens with zero attached hydrogens (tertiary/aromatic N) is 3. The quantitative estimate of drug-likeness (QED) is 0.234. The van der Waals surface area contributed by atoms with Crippen LogP contribution in [0.2, 0.25) is 5.02 Å². The number of pyridine rings is 2. The Morgan fingerprint density at radius 3 is 2.51 bits per heavy atom. The van der Waals surface area contributed by atoms with Crippen molar-refractivity contribution in [3.8, 4) is 17.3 Å². The molecule has 2 aromatic heterocycles. The number of anilines is 2. The molecule has 5 rings (SSSR count). The van der Waals surface area contributed by atoms with E-state index in [-0.39, 0.29) is 12.0 Å². The lowest BCUT2D eigenvalue weighted by atomic mass is 9.82. The minimum absolute atomic E-state index is 0.139. The Bertz CT molecular complexity index is 1360. The van der Waals surface area contributed by atoms with Crippen LogP contribution in [0.1, 0.15) is 79.1 Å². The number of hydrogen-bond donors (Lipinski definition) is 3. The molecule has 0 bridgehead atoms. The highest BCUT2D eigenvalue weighted by Crippen LogP contribution is 2.42. The number of carbonyl (C=O) groups excluding carboxylic acids is 1. The number of carbonyl (C=O) groups is 1. The fraction of sp³-hybridized carbons (Fsp3) is 0.647.